The molecule has 0 amide bonds. The quantitative estimate of drug-likeness (QED) is 0.654. The summed E-state index contributed by atoms with van der Waals surface area (Å²) in [7, 11) is 4.04. The van der Waals surface area contributed by atoms with Crippen LogP contribution in [0.25, 0.3) is 22.2 Å². The molecule has 2 heterocycles. The van der Waals surface area contributed by atoms with Crippen molar-refractivity contribution in [1.29, 1.82) is 0 Å². The Morgan fingerprint density at radius 3 is 2.85 bits per heavy atom. The van der Waals surface area contributed by atoms with Crippen molar-refractivity contribution in [3.8, 4) is 11.1 Å². The smallest absolute Gasteiger partial charge is 0.141 e. The van der Waals surface area contributed by atoms with Crippen molar-refractivity contribution in [1.82, 2.24) is 13.9 Å². The summed E-state index contributed by atoms with van der Waals surface area (Å²) in [6.45, 7) is 2.34. The monoisotopic (exact) mass is 370 g/mol. The fraction of sp³-hybridized carbons (Fsp3) is 0.250. The van der Waals surface area contributed by atoms with Gasteiger partial charge in [-0.3, -0.25) is 4.31 Å². The average Bonchev–Trinajstić information content (AvgIpc) is 2.87. The van der Waals surface area contributed by atoms with Crippen LogP contribution in [-0.4, -0.2) is 34.5 Å². The minimum Gasteiger partial charge on any atom is -0.327 e. The number of nitrogens with two attached hydrogens (primary N) is 1. The number of allylic oxidation sites excluding steroid dienone is 1. The highest BCUT2D eigenvalue weighted by Gasteiger charge is 2.17. The van der Waals surface area contributed by atoms with Crippen molar-refractivity contribution in [3.63, 3.8) is 0 Å². The summed E-state index contributed by atoms with van der Waals surface area (Å²) in [5.74, 6) is -0.249. The third-order valence-electron chi connectivity index (χ3n) is 4.14. The zero-order chi connectivity index (χ0) is 18.7. The van der Waals surface area contributed by atoms with Crippen LogP contribution in [0, 0.1) is 6.92 Å². The van der Waals surface area contributed by atoms with E-state index in [4.69, 9.17) is 5.73 Å². The Kier molecular flexibility index (Phi) is 5.76. The number of hydrogen-bond acceptors (Lipinski definition) is 4. The maximum absolute atomic E-state index is 14.1. The first-order valence-electron chi connectivity index (χ1n) is 8.45. The van der Waals surface area contributed by atoms with E-state index in [0.717, 1.165) is 32.7 Å². The molecule has 0 aliphatic heterocycles. The lowest BCUT2D eigenvalue weighted by atomic mass is 10.0. The average molecular weight is 370 g/mol. The van der Waals surface area contributed by atoms with E-state index in [1.807, 2.05) is 37.7 Å². The van der Waals surface area contributed by atoms with E-state index in [1.165, 1.54) is 6.08 Å². The van der Waals surface area contributed by atoms with Gasteiger partial charge in [-0.25, -0.2) is 9.37 Å². The van der Waals surface area contributed by atoms with Crippen molar-refractivity contribution < 1.29 is 4.39 Å². The molecule has 26 heavy (non-hydrogen) atoms. The molecule has 2 aromatic heterocycles. The van der Waals surface area contributed by atoms with Crippen molar-refractivity contribution >= 4 is 23.0 Å². The SMILES string of the molecule is Cc1c(-c2cccc(SN(C)C)c2)c2cccnc2n1C/C(F)=C/CN. The number of pyridine rings is 1. The molecule has 0 unspecified atom stereocenters. The molecule has 0 atom stereocenters. The zero-order valence-corrected chi connectivity index (χ0v) is 16.1. The van der Waals surface area contributed by atoms with Crippen molar-refractivity contribution in [2.75, 3.05) is 20.6 Å². The number of aromatic nitrogens is 2. The Bertz CT molecular complexity index is 946. The lowest BCUT2D eigenvalue weighted by Gasteiger charge is -2.10. The van der Waals surface area contributed by atoms with Gasteiger partial charge < -0.3 is 10.3 Å². The summed E-state index contributed by atoms with van der Waals surface area (Å²) in [6.07, 6.45) is 3.15. The fourth-order valence-corrected chi connectivity index (χ4v) is 3.86. The Morgan fingerprint density at radius 1 is 1.31 bits per heavy atom. The molecule has 0 saturated heterocycles. The molecule has 1 aromatic carbocycles. The van der Waals surface area contributed by atoms with Gasteiger partial charge in [0, 0.05) is 34.3 Å². The molecule has 0 aliphatic carbocycles. The second-order valence-corrected chi connectivity index (χ2v) is 7.62. The summed E-state index contributed by atoms with van der Waals surface area (Å²) < 4.78 is 18.1. The molecule has 3 rings (SSSR count). The summed E-state index contributed by atoms with van der Waals surface area (Å²) in [5.41, 5.74) is 9.41. The number of nitrogens with zero attached hydrogens (tertiary/aromatic N) is 3. The Hall–Kier alpha value is -2.15. The molecule has 136 valence electrons. The van der Waals surface area contributed by atoms with Gasteiger partial charge >= 0.3 is 0 Å². The highest BCUT2D eigenvalue weighted by molar-refractivity contribution is 7.97. The molecule has 0 fully saturated rings. The van der Waals surface area contributed by atoms with Gasteiger partial charge in [0.1, 0.15) is 11.5 Å². The maximum atomic E-state index is 14.1. The number of hydrogen-bond donors (Lipinski definition) is 1. The van der Waals surface area contributed by atoms with Crippen LogP contribution < -0.4 is 5.73 Å². The van der Waals surface area contributed by atoms with E-state index in [1.54, 1.807) is 18.1 Å². The maximum Gasteiger partial charge on any atom is 0.141 e. The van der Waals surface area contributed by atoms with Crippen LogP contribution in [0.1, 0.15) is 5.69 Å². The van der Waals surface area contributed by atoms with Crippen LogP contribution in [-0.2, 0) is 6.54 Å². The van der Waals surface area contributed by atoms with Gasteiger partial charge in [0.15, 0.2) is 0 Å². The lowest BCUT2D eigenvalue weighted by molar-refractivity contribution is 0.554. The fourth-order valence-electron chi connectivity index (χ4n) is 3.12. The number of halogens is 1. The predicted octanol–water partition coefficient (Wildman–Crippen LogP) is 4.39. The van der Waals surface area contributed by atoms with Crippen molar-refractivity contribution in [3.05, 3.63) is 60.2 Å². The Morgan fingerprint density at radius 2 is 2.12 bits per heavy atom. The second-order valence-electron chi connectivity index (χ2n) is 6.24. The van der Waals surface area contributed by atoms with Crippen LogP contribution in [0.4, 0.5) is 4.39 Å². The Balaban J connectivity index is 2.15. The van der Waals surface area contributed by atoms with E-state index in [0.29, 0.717) is 0 Å². The topological polar surface area (TPSA) is 47.1 Å². The molecule has 0 spiro atoms. The van der Waals surface area contributed by atoms with E-state index in [9.17, 15) is 4.39 Å². The lowest BCUT2D eigenvalue weighted by Crippen LogP contribution is -2.04. The van der Waals surface area contributed by atoms with E-state index < -0.39 is 0 Å². The van der Waals surface area contributed by atoms with Crippen LogP contribution in [0.15, 0.2) is 59.4 Å². The highest BCUT2D eigenvalue weighted by Crippen LogP contribution is 2.36. The van der Waals surface area contributed by atoms with Gasteiger partial charge in [0.25, 0.3) is 0 Å². The minimum atomic E-state index is -0.249. The van der Waals surface area contributed by atoms with Gasteiger partial charge in [0.2, 0.25) is 0 Å². The molecular formula is C20H23FN4S. The molecule has 0 radical (unpaired) electrons. The molecule has 4 nitrogen and oxygen atoms in total. The normalized spacial score (nSPS) is 12.3. The number of fused-ring (bicyclic) bond motifs is 1. The number of benzene rings is 1. The van der Waals surface area contributed by atoms with Gasteiger partial charge in [-0.1, -0.05) is 12.1 Å². The highest BCUT2D eigenvalue weighted by atomic mass is 32.2. The second kappa shape index (κ2) is 8.03. The summed E-state index contributed by atoms with van der Waals surface area (Å²) >= 11 is 1.67. The van der Waals surface area contributed by atoms with E-state index in [-0.39, 0.29) is 18.9 Å². The van der Waals surface area contributed by atoms with Gasteiger partial charge in [-0.2, -0.15) is 0 Å². The van der Waals surface area contributed by atoms with Gasteiger partial charge in [0.05, 0.1) is 6.54 Å². The van der Waals surface area contributed by atoms with Crippen LogP contribution in [0.3, 0.4) is 0 Å². The molecule has 3 aromatic rings. The van der Waals surface area contributed by atoms with Crippen LogP contribution in [0.5, 0.6) is 0 Å². The van der Waals surface area contributed by atoms with Gasteiger partial charge in [-0.15, -0.1) is 0 Å². The predicted molar refractivity (Wildman–Crippen MR) is 108 cm³/mol. The third kappa shape index (κ3) is 3.82. The molecule has 0 aliphatic rings. The molecule has 2 N–H and O–H groups in total. The summed E-state index contributed by atoms with van der Waals surface area (Å²) in [4.78, 5) is 5.65. The first-order chi connectivity index (χ1) is 12.5. The largest absolute Gasteiger partial charge is 0.327 e. The third-order valence-corrected chi connectivity index (χ3v) is 4.97. The van der Waals surface area contributed by atoms with Crippen LogP contribution >= 0.6 is 11.9 Å². The Labute approximate surface area is 157 Å². The van der Waals surface area contributed by atoms with E-state index >= 15 is 0 Å². The molecule has 0 saturated carbocycles. The molecule has 0 bridgehead atoms. The number of rotatable bonds is 6. The van der Waals surface area contributed by atoms with Crippen molar-refractivity contribution in [2.45, 2.75) is 18.4 Å². The van der Waals surface area contributed by atoms with Crippen molar-refractivity contribution in [2.24, 2.45) is 5.73 Å². The van der Waals surface area contributed by atoms with Gasteiger partial charge in [-0.05, 0) is 68.9 Å². The summed E-state index contributed by atoms with van der Waals surface area (Å²) in [6, 6.07) is 12.3. The molecule has 6 heteroatoms. The first-order valence-corrected chi connectivity index (χ1v) is 9.22. The molecular weight excluding hydrogens is 347 g/mol. The zero-order valence-electron chi connectivity index (χ0n) is 15.2. The minimum absolute atomic E-state index is 0.142. The first kappa shape index (κ1) is 18.6. The van der Waals surface area contributed by atoms with E-state index in [2.05, 4.69) is 33.6 Å². The van der Waals surface area contributed by atoms with Crippen LogP contribution in [0.2, 0.25) is 0 Å². The summed E-state index contributed by atoms with van der Waals surface area (Å²) in [5, 5.41) is 1.03. The standard InChI is InChI=1S/C20H23FN4S/c1-14-19(15-6-4-7-17(12-15)26-24(2)3)18-8-5-11-23-20(18)25(14)13-16(21)9-10-22/h4-9,11-12H,10,13,22H2,1-3H3/b16-9-.